The van der Waals surface area contributed by atoms with Crippen molar-refractivity contribution in [3.8, 4) is 0 Å². The van der Waals surface area contributed by atoms with Crippen molar-refractivity contribution in [2.24, 2.45) is 11.3 Å². The molecule has 0 radical (unpaired) electrons. The lowest BCUT2D eigenvalue weighted by atomic mass is 9.70. The number of hydrogen-bond donors (Lipinski definition) is 1. The third-order valence-corrected chi connectivity index (χ3v) is 3.77. The van der Waals surface area contributed by atoms with E-state index in [0.29, 0.717) is 5.41 Å². The molecule has 2 heteroatoms. The Kier molecular flexibility index (Phi) is 2.61. The van der Waals surface area contributed by atoms with Crippen molar-refractivity contribution in [2.45, 2.75) is 52.2 Å². The Balaban J connectivity index is 1.93. The first-order valence-corrected chi connectivity index (χ1v) is 5.88. The van der Waals surface area contributed by atoms with Gasteiger partial charge in [0, 0.05) is 19.1 Å². The van der Waals surface area contributed by atoms with Crippen LogP contribution >= 0.6 is 0 Å². The Labute approximate surface area is 87.3 Å². The molecule has 1 N–H and O–H groups in total. The average Bonchev–Trinajstić information content (AvgIpc) is 1.94. The van der Waals surface area contributed by atoms with Crippen molar-refractivity contribution in [3.05, 3.63) is 0 Å². The largest absolute Gasteiger partial charge is 0.390 e. The summed E-state index contributed by atoms with van der Waals surface area (Å²) in [6.07, 6.45) is 3.95. The van der Waals surface area contributed by atoms with Gasteiger partial charge in [0.2, 0.25) is 0 Å². The van der Waals surface area contributed by atoms with E-state index in [1.165, 1.54) is 19.3 Å². The molecule has 0 spiro atoms. The third-order valence-electron chi connectivity index (χ3n) is 3.77. The Morgan fingerprint density at radius 3 is 2.36 bits per heavy atom. The maximum absolute atomic E-state index is 9.30. The number of aliphatic hydroxyl groups is 1. The molecular weight excluding hydrogens is 174 g/mol. The zero-order chi connectivity index (χ0) is 10.3. The minimum absolute atomic E-state index is 0.0460. The predicted octanol–water partition coefficient (Wildman–Crippen LogP) is 1.88. The van der Waals surface area contributed by atoms with E-state index < -0.39 is 0 Å². The summed E-state index contributed by atoms with van der Waals surface area (Å²) in [7, 11) is 0. The maximum Gasteiger partial charge on any atom is 0.0794 e. The van der Waals surface area contributed by atoms with Crippen LogP contribution in [0, 0.1) is 11.3 Å². The second kappa shape index (κ2) is 3.49. The Hall–Kier alpha value is -0.0800. The minimum atomic E-state index is -0.0460. The molecule has 1 saturated carbocycles. The second-order valence-electron chi connectivity index (χ2n) is 6.17. The van der Waals surface area contributed by atoms with Crippen LogP contribution in [-0.4, -0.2) is 35.2 Å². The lowest BCUT2D eigenvalue weighted by molar-refractivity contribution is -0.0532. The molecule has 2 fully saturated rings. The van der Waals surface area contributed by atoms with Crippen molar-refractivity contribution in [1.29, 1.82) is 0 Å². The van der Waals surface area contributed by atoms with E-state index in [-0.39, 0.29) is 6.10 Å². The standard InChI is InChI=1S/C12H23NO/c1-9-4-10(6-12(2,3)5-9)13-7-11(14)8-13/h9-11,14H,4-8H2,1-3H3/t9-,10+/m1/s1. The molecule has 0 aromatic carbocycles. The highest BCUT2D eigenvalue weighted by atomic mass is 16.3. The van der Waals surface area contributed by atoms with Crippen LogP contribution in [-0.2, 0) is 0 Å². The van der Waals surface area contributed by atoms with Crippen LogP contribution in [0.1, 0.15) is 40.0 Å². The quantitative estimate of drug-likeness (QED) is 0.694. The molecule has 0 aromatic heterocycles. The molecular formula is C12H23NO. The fraction of sp³-hybridized carbons (Fsp3) is 1.00. The lowest BCUT2D eigenvalue weighted by Crippen LogP contribution is -2.57. The second-order valence-corrected chi connectivity index (χ2v) is 6.17. The first kappa shape index (κ1) is 10.4. The van der Waals surface area contributed by atoms with Crippen LogP contribution in [0.2, 0.25) is 0 Å². The zero-order valence-electron chi connectivity index (χ0n) is 9.66. The summed E-state index contributed by atoms with van der Waals surface area (Å²) in [4.78, 5) is 2.46. The zero-order valence-corrected chi connectivity index (χ0v) is 9.66. The summed E-state index contributed by atoms with van der Waals surface area (Å²) in [5.41, 5.74) is 0.503. The van der Waals surface area contributed by atoms with Crippen LogP contribution in [0.15, 0.2) is 0 Å². The first-order chi connectivity index (χ1) is 6.46. The van der Waals surface area contributed by atoms with Crippen molar-refractivity contribution in [3.63, 3.8) is 0 Å². The summed E-state index contributed by atoms with van der Waals surface area (Å²) < 4.78 is 0. The van der Waals surface area contributed by atoms with E-state index in [2.05, 4.69) is 25.7 Å². The molecule has 2 rings (SSSR count). The Morgan fingerprint density at radius 1 is 1.21 bits per heavy atom. The van der Waals surface area contributed by atoms with Gasteiger partial charge >= 0.3 is 0 Å². The maximum atomic E-state index is 9.30. The minimum Gasteiger partial charge on any atom is -0.390 e. The molecule has 1 saturated heterocycles. The third kappa shape index (κ3) is 2.12. The molecule has 0 aromatic rings. The first-order valence-electron chi connectivity index (χ1n) is 5.88. The lowest BCUT2D eigenvalue weighted by Gasteiger charge is -2.49. The topological polar surface area (TPSA) is 23.5 Å². The number of aliphatic hydroxyl groups excluding tert-OH is 1. The van der Waals surface area contributed by atoms with Gasteiger partial charge in [0.1, 0.15) is 0 Å². The highest BCUT2D eigenvalue weighted by Crippen LogP contribution is 2.41. The van der Waals surface area contributed by atoms with Crippen molar-refractivity contribution < 1.29 is 5.11 Å². The van der Waals surface area contributed by atoms with E-state index in [1.54, 1.807) is 0 Å². The molecule has 0 unspecified atom stereocenters. The molecule has 14 heavy (non-hydrogen) atoms. The molecule has 2 atom stereocenters. The van der Waals surface area contributed by atoms with Gasteiger partial charge in [-0.15, -0.1) is 0 Å². The van der Waals surface area contributed by atoms with Gasteiger partial charge in [-0.1, -0.05) is 20.8 Å². The molecule has 0 bridgehead atoms. The Bertz CT molecular complexity index is 208. The van der Waals surface area contributed by atoms with Gasteiger partial charge in [-0.2, -0.15) is 0 Å². The predicted molar refractivity (Wildman–Crippen MR) is 58.2 cm³/mol. The van der Waals surface area contributed by atoms with Gasteiger partial charge in [-0.05, 0) is 30.6 Å². The summed E-state index contributed by atoms with van der Waals surface area (Å²) in [5, 5.41) is 9.30. The molecule has 82 valence electrons. The van der Waals surface area contributed by atoms with E-state index in [4.69, 9.17) is 0 Å². The fourth-order valence-electron chi connectivity index (χ4n) is 3.36. The average molecular weight is 197 g/mol. The fourth-order valence-corrected chi connectivity index (χ4v) is 3.36. The number of β-amino-alcohol motifs (C(OH)–C–C–N with tert-alkyl or cyclic N) is 1. The van der Waals surface area contributed by atoms with Crippen LogP contribution in [0.5, 0.6) is 0 Å². The van der Waals surface area contributed by atoms with Gasteiger partial charge in [-0.25, -0.2) is 0 Å². The van der Waals surface area contributed by atoms with E-state index in [0.717, 1.165) is 25.0 Å². The van der Waals surface area contributed by atoms with Crippen LogP contribution in [0.4, 0.5) is 0 Å². The van der Waals surface area contributed by atoms with Gasteiger partial charge < -0.3 is 5.11 Å². The molecule has 2 aliphatic rings. The van der Waals surface area contributed by atoms with E-state index in [9.17, 15) is 5.11 Å². The highest BCUT2D eigenvalue weighted by molar-refractivity contribution is 4.92. The molecule has 1 aliphatic carbocycles. The molecule has 2 nitrogen and oxygen atoms in total. The number of nitrogens with zero attached hydrogens (tertiary/aromatic N) is 1. The monoisotopic (exact) mass is 197 g/mol. The van der Waals surface area contributed by atoms with Crippen molar-refractivity contribution >= 4 is 0 Å². The number of likely N-dealkylation sites (tertiary alicyclic amines) is 1. The summed E-state index contributed by atoms with van der Waals surface area (Å²) in [6.45, 7) is 8.95. The smallest absolute Gasteiger partial charge is 0.0794 e. The SMILES string of the molecule is C[C@@H]1C[C@H](N2CC(O)C2)CC(C)(C)C1. The summed E-state index contributed by atoms with van der Waals surface area (Å²) in [5.74, 6) is 0.849. The molecule has 0 amide bonds. The highest BCUT2D eigenvalue weighted by Gasteiger charge is 2.38. The van der Waals surface area contributed by atoms with Gasteiger partial charge in [-0.3, -0.25) is 4.90 Å². The van der Waals surface area contributed by atoms with Crippen molar-refractivity contribution in [2.75, 3.05) is 13.1 Å². The van der Waals surface area contributed by atoms with E-state index >= 15 is 0 Å². The molecule has 1 aliphatic heterocycles. The van der Waals surface area contributed by atoms with Gasteiger partial charge in [0.15, 0.2) is 0 Å². The Morgan fingerprint density at radius 2 is 1.86 bits per heavy atom. The summed E-state index contributed by atoms with van der Waals surface area (Å²) >= 11 is 0. The van der Waals surface area contributed by atoms with Crippen molar-refractivity contribution in [1.82, 2.24) is 4.90 Å². The normalized spacial score (nSPS) is 39.4. The van der Waals surface area contributed by atoms with Crippen LogP contribution in [0.3, 0.4) is 0 Å². The van der Waals surface area contributed by atoms with Gasteiger partial charge in [0.05, 0.1) is 6.10 Å². The molecule has 1 heterocycles. The van der Waals surface area contributed by atoms with Crippen LogP contribution in [0.25, 0.3) is 0 Å². The number of hydrogen-bond acceptors (Lipinski definition) is 2. The number of rotatable bonds is 1. The van der Waals surface area contributed by atoms with Gasteiger partial charge in [0.25, 0.3) is 0 Å². The van der Waals surface area contributed by atoms with E-state index in [1.807, 2.05) is 0 Å². The summed E-state index contributed by atoms with van der Waals surface area (Å²) in [6, 6.07) is 0.733. The van der Waals surface area contributed by atoms with Crippen LogP contribution < -0.4 is 0 Å².